The van der Waals surface area contributed by atoms with Crippen molar-refractivity contribution in [3.63, 3.8) is 0 Å². The largest absolute Gasteiger partial charge is 0.334 e. The molecule has 1 fully saturated rings. The van der Waals surface area contributed by atoms with Crippen LogP contribution < -0.4 is 5.73 Å². The second-order valence-corrected chi connectivity index (χ2v) is 6.01. The second kappa shape index (κ2) is 7.45. The molecule has 0 bridgehead atoms. The molecule has 1 amide bonds. The van der Waals surface area contributed by atoms with Gasteiger partial charge in [-0.3, -0.25) is 4.79 Å². The van der Waals surface area contributed by atoms with Crippen LogP contribution >= 0.6 is 35.0 Å². The van der Waals surface area contributed by atoms with E-state index in [2.05, 4.69) is 29.5 Å². The number of hydrogen-bond donors (Lipinski definition) is 1. The molecular weight excluding hydrogens is 375 g/mol. The Hall–Kier alpha value is -0.330. The maximum Gasteiger partial charge on any atom is 0.254 e. The molecule has 3 nitrogen and oxygen atoms in total. The number of hydrogen-bond acceptors (Lipinski definition) is 2. The molecule has 1 atom stereocenters. The Balaban J connectivity index is 0.00000180. The van der Waals surface area contributed by atoms with E-state index >= 15 is 0 Å². The molecule has 0 spiro atoms. The third kappa shape index (κ3) is 3.83. The van der Waals surface area contributed by atoms with E-state index in [9.17, 15) is 4.79 Å². The third-order valence-electron chi connectivity index (χ3n) is 3.58. The molecule has 1 aliphatic rings. The molecule has 2 N–H and O–H groups in total. The minimum Gasteiger partial charge on any atom is -0.334 e. The number of nitrogens with two attached hydrogens (primary N) is 1. The lowest BCUT2D eigenvalue weighted by molar-refractivity contribution is 0.0623. The molecule has 1 unspecified atom stereocenters. The van der Waals surface area contributed by atoms with E-state index in [-0.39, 0.29) is 24.4 Å². The monoisotopic (exact) mass is 394 g/mol. The van der Waals surface area contributed by atoms with Crippen LogP contribution in [0.1, 0.15) is 35.2 Å². The van der Waals surface area contributed by atoms with Gasteiger partial charge in [-0.05, 0) is 66.5 Å². The molecule has 1 heterocycles. The van der Waals surface area contributed by atoms with Gasteiger partial charge >= 0.3 is 0 Å². The molecule has 0 aliphatic carbocycles. The van der Waals surface area contributed by atoms with Crippen molar-refractivity contribution in [3.05, 3.63) is 32.9 Å². The molecule has 0 aromatic heterocycles. The van der Waals surface area contributed by atoms with E-state index in [4.69, 9.17) is 5.73 Å². The van der Waals surface area contributed by atoms with E-state index in [0.29, 0.717) is 6.54 Å². The Bertz CT molecular complexity index is 453. The number of benzene rings is 1. The predicted molar refractivity (Wildman–Crippen MR) is 88.9 cm³/mol. The van der Waals surface area contributed by atoms with Crippen molar-refractivity contribution in [3.8, 4) is 0 Å². The van der Waals surface area contributed by atoms with Crippen molar-refractivity contribution in [1.29, 1.82) is 0 Å². The highest BCUT2D eigenvalue weighted by Gasteiger charge is 2.26. The molecule has 19 heavy (non-hydrogen) atoms. The Labute approximate surface area is 134 Å². The normalized spacial score (nSPS) is 18.9. The van der Waals surface area contributed by atoms with E-state index in [1.165, 1.54) is 12.0 Å². The number of rotatable bonds is 2. The number of likely N-dealkylation sites (tertiary alicyclic amines) is 1. The first-order valence-corrected chi connectivity index (χ1v) is 7.48. The number of aryl methyl sites for hydroxylation is 1. The summed E-state index contributed by atoms with van der Waals surface area (Å²) < 4.78 is 1.14. The minimum atomic E-state index is 0. The number of nitrogens with zero attached hydrogens (tertiary/aromatic N) is 1. The molecule has 2 rings (SSSR count). The van der Waals surface area contributed by atoms with Crippen molar-refractivity contribution in [1.82, 2.24) is 4.90 Å². The zero-order valence-corrected chi connectivity index (χ0v) is 14.0. The Morgan fingerprint density at radius 2 is 2.21 bits per heavy atom. The quantitative estimate of drug-likeness (QED) is 0.784. The van der Waals surface area contributed by atoms with Crippen LogP contribution in [-0.2, 0) is 0 Å². The molecule has 1 aliphatic heterocycles. The van der Waals surface area contributed by atoms with E-state index in [0.717, 1.165) is 28.5 Å². The molecule has 5 heteroatoms. The first kappa shape index (κ1) is 16.7. The van der Waals surface area contributed by atoms with Crippen LogP contribution in [0, 0.1) is 10.5 Å². The van der Waals surface area contributed by atoms with E-state index < -0.39 is 0 Å². The summed E-state index contributed by atoms with van der Waals surface area (Å²) in [6.07, 6.45) is 3.30. The van der Waals surface area contributed by atoms with Crippen LogP contribution in [0.15, 0.2) is 18.2 Å². The number of amides is 1. The molecule has 1 saturated heterocycles. The fourth-order valence-electron chi connectivity index (χ4n) is 2.40. The fourth-order valence-corrected chi connectivity index (χ4v) is 2.92. The highest BCUT2D eigenvalue weighted by molar-refractivity contribution is 14.1. The Morgan fingerprint density at radius 3 is 2.84 bits per heavy atom. The molecule has 1 aromatic carbocycles. The summed E-state index contributed by atoms with van der Waals surface area (Å²) in [5.41, 5.74) is 7.76. The Kier molecular flexibility index (Phi) is 6.56. The number of piperidine rings is 1. The summed E-state index contributed by atoms with van der Waals surface area (Å²) >= 11 is 2.27. The average molecular weight is 395 g/mol. The summed E-state index contributed by atoms with van der Waals surface area (Å²) in [4.78, 5) is 14.4. The zero-order valence-electron chi connectivity index (χ0n) is 11.1. The molecule has 0 radical (unpaired) electrons. The van der Waals surface area contributed by atoms with Crippen molar-refractivity contribution < 1.29 is 4.79 Å². The van der Waals surface area contributed by atoms with Crippen molar-refractivity contribution in [2.24, 2.45) is 5.73 Å². The van der Waals surface area contributed by atoms with Crippen LogP contribution in [0.4, 0.5) is 0 Å². The second-order valence-electron chi connectivity index (χ2n) is 4.85. The molecule has 106 valence electrons. The molecular formula is C14H20ClIN2O. The number of carbonyl (C=O) groups excluding carboxylic acids is 1. The van der Waals surface area contributed by atoms with E-state index in [1.54, 1.807) is 0 Å². The lowest BCUT2D eigenvalue weighted by Gasteiger charge is -2.35. The predicted octanol–water partition coefficient (Wildman–Crippen LogP) is 2.97. The van der Waals surface area contributed by atoms with Crippen LogP contribution in [0.3, 0.4) is 0 Å². The van der Waals surface area contributed by atoms with Gasteiger partial charge in [0.1, 0.15) is 0 Å². The first-order chi connectivity index (χ1) is 8.63. The zero-order chi connectivity index (χ0) is 13.1. The number of carbonyl (C=O) groups is 1. The minimum absolute atomic E-state index is 0. The summed E-state index contributed by atoms with van der Waals surface area (Å²) in [7, 11) is 0. The van der Waals surface area contributed by atoms with Crippen LogP contribution in [-0.4, -0.2) is 29.9 Å². The van der Waals surface area contributed by atoms with Gasteiger partial charge in [0.25, 0.3) is 5.91 Å². The van der Waals surface area contributed by atoms with Gasteiger partial charge in [0.15, 0.2) is 0 Å². The van der Waals surface area contributed by atoms with Gasteiger partial charge in [-0.25, -0.2) is 0 Å². The van der Waals surface area contributed by atoms with Crippen LogP contribution in [0.25, 0.3) is 0 Å². The molecule has 0 saturated carbocycles. The van der Waals surface area contributed by atoms with Gasteiger partial charge in [-0.15, -0.1) is 12.4 Å². The van der Waals surface area contributed by atoms with Gasteiger partial charge in [-0.2, -0.15) is 0 Å². The number of halogens is 2. The highest BCUT2D eigenvalue weighted by Crippen LogP contribution is 2.21. The highest BCUT2D eigenvalue weighted by atomic mass is 127. The topological polar surface area (TPSA) is 46.3 Å². The van der Waals surface area contributed by atoms with Crippen molar-refractivity contribution >= 4 is 40.9 Å². The molecule has 1 aromatic rings. The SMILES string of the molecule is Cc1ccc(C(=O)N2CCCCC2CN)cc1I.Cl. The fraction of sp³-hybridized carbons (Fsp3) is 0.500. The smallest absolute Gasteiger partial charge is 0.254 e. The Morgan fingerprint density at radius 1 is 1.47 bits per heavy atom. The van der Waals surface area contributed by atoms with Gasteiger partial charge in [-0.1, -0.05) is 6.07 Å². The third-order valence-corrected chi connectivity index (χ3v) is 4.74. The summed E-state index contributed by atoms with van der Waals surface area (Å²) in [6.45, 7) is 3.46. The first-order valence-electron chi connectivity index (χ1n) is 6.40. The average Bonchev–Trinajstić information content (AvgIpc) is 2.41. The summed E-state index contributed by atoms with van der Waals surface area (Å²) in [6, 6.07) is 6.11. The van der Waals surface area contributed by atoms with Crippen LogP contribution in [0.5, 0.6) is 0 Å². The summed E-state index contributed by atoms with van der Waals surface area (Å²) in [5.74, 6) is 0.128. The lowest BCUT2D eigenvalue weighted by atomic mass is 10.0. The van der Waals surface area contributed by atoms with Gasteiger partial charge in [0.05, 0.1) is 0 Å². The maximum atomic E-state index is 12.5. The summed E-state index contributed by atoms with van der Waals surface area (Å²) in [5, 5.41) is 0. The maximum absolute atomic E-state index is 12.5. The van der Waals surface area contributed by atoms with Gasteiger partial charge in [0, 0.05) is 28.3 Å². The van der Waals surface area contributed by atoms with Crippen LogP contribution in [0.2, 0.25) is 0 Å². The standard InChI is InChI=1S/C14H19IN2O.ClH/c1-10-5-6-11(8-13(10)15)14(18)17-7-3-2-4-12(17)9-16;/h5-6,8,12H,2-4,7,9,16H2,1H3;1H. The van der Waals surface area contributed by atoms with Crippen molar-refractivity contribution in [2.75, 3.05) is 13.1 Å². The van der Waals surface area contributed by atoms with Gasteiger partial charge in [0.2, 0.25) is 0 Å². The lowest BCUT2D eigenvalue weighted by Crippen LogP contribution is -2.47. The van der Waals surface area contributed by atoms with E-state index in [1.807, 2.05) is 23.1 Å². The van der Waals surface area contributed by atoms with Gasteiger partial charge < -0.3 is 10.6 Å². The van der Waals surface area contributed by atoms with Crippen molar-refractivity contribution in [2.45, 2.75) is 32.2 Å².